The number of hydrogen-bond donors (Lipinski definition) is 2. The van der Waals surface area contributed by atoms with Gasteiger partial charge in [0.1, 0.15) is 0 Å². The van der Waals surface area contributed by atoms with Gasteiger partial charge >= 0.3 is 0 Å². The van der Waals surface area contributed by atoms with E-state index in [0.29, 0.717) is 13.1 Å². The molecule has 2 N–H and O–H groups in total. The minimum Gasteiger partial charge on any atom is -0.359 e. The molecule has 2 aliphatic rings. The summed E-state index contributed by atoms with van der Waals surface area (Å²) in [5, 5.41) is 6.08. The molecule has 0 radical (unpaired) electrons. The third-order valence-electron chi connectivity index (χ3n) is 5.14. The molecule has 5 heteroatoms. The topological polar surface area (TPSA) is 61.4 Å². The van der Waals surface area contributed by atoms with Crippen molar-refractivity contribution < 1.29 is 9.59 Å². The van der Waals surface area contributed by atoms with Crippen LogP contribution in [0.2, 0.25) is 0 Å². The Kier molecular flexibility index (Phi) is 4.37. The number of amides is 2. The molecule has 0 aromatic rings. The van der Waals surface area contributed by atoms with Crippen molar-refractivity contribution in [1.29, 1.82) is 0 Å². The van der Waals surface area contributed by atoms with Crippen molar-refractivity contribution in [2.75, 3.05) is 33.2 Å². The van der Waals surface area contributed by atoms with E-state index >= 15 is 0 Å². The zero-order valence-electron chi connectivity index (χ0n) is 12.9. The Morgan fingerprint density at radius 2 is 2.10 bits per heavy atom. The molecule has 2 saturated heterocycles. The van der Waals surface area contributed by atoms with Gasteiger partial charge in [-0.15, -0.1) is 0 Å². The van der Waals surface area contributed by atoms with Crippen LogP contribution in [0, 0.1) is 10.8 Å². The van der Waals surface area contributed by atoms with Gasteiger partial charge < -0.3 is 15.5 Å². The van der Waals surface area contributed by atoms with E-state index in [9.17, 15) is 9.59 Å². The minimum absolute atomic E-state index is 0.0418. The molecule has 20 heavy (non-hydrogen) atoms. The maximum Gasteiger partial charge on any atom is 0.230 e. The van der Waals surface area contributed by atoms with Gasteiger partial charge in [-0.05, 0) is 39.2 Å². The van der Waals surface area contributed by atoms with Crippen LogP contribution in [0.1, 0.15) is 39.5 Å². The first kappa shape index (κ1) is 15.3. The second-order valence-corrected chi connectivity index (χ2v) is 6.53. The van der Waals surface area contributed by atoms with Gasteiger partial charge in [-0.3, -0.25) is 9.59 Å². The maximum atomic E-state index is 12.9. The van der Waals surface area contributed by atoms with Crippen LogP contribution in [0.4, 0.5) is 0 Å². The first-order chi connectivity index (χ1) is 9.47. The van der Waals surface area contributed by atoms with Gasteiger partial charge in [-0.2, -0.15) is 0 Å². The number of rotatable bonds is 3. The number of likely N-dealkylation sites (tertiary alicyclic amines) is 1. The average Bonchev–Trinajstić information content (AvgIpc) is 2.90. The highest BCUT2D eigenvalue weighted by molar-refractivity contribution is 5.87. The summed E-state index contributed by atoms with van der Waals surface area (Å²) in [6.07, 6.45) is 3.64. The lowest BCUT2D eigenvalue weighted by atomic mass is 9.77. The summed E-state index contributed by atoms with van der Waals surface area (Å²) < 4.78 is 0. The molecule has 5 nitrogen and oxygen atoms in total. The van der Waals surface area contributed by atoms with Crippen LogP contribution in [0.15, 0.2) is 0 Å². The molecule has 0 spiro atoms. The van der Waals surface area contributed by atoms with E-state index in [-0.39, 0.29) is 17.2 Å². The Hall–Kier alpha value is -1.10. The molecular formula is C15H27N3O2. The van der Waals surface area contributed by atoms with E-state index in [2.05, 4.69) is 17.6 Å². The van der Waals surface area contributed by atoms with E-state index < -0.39 is 5.41 Å². The molecule has 0 bridgehead atoms. The summed E-state index contributed by atoms with van der Waals surface area (Å²) >= 11 is 0. The number of piperidine rings is 1. The molecule has 114 valence electrons. The highest BCUT2D eigenvalue weighted by atomic mass is 16.2. The number of carbonyl (C=O) groups excluding carboxylic acids is 2. The van der Waals surface area contributed by atoms with E-state index in [4.69, 9.17) is 0 Å². The van der Waals surface area contributed by atoms with Crippen molar-refractivity contribution in [3.05, 3.63) is 0 Å². The van der Waals surface area contributed by atoms with Gasteiger partial charge in [-0.25, -0.2) is 0 Å². The summed E-state index contributed by atoms with van der Waals surface area (Å²) in [6, 6.07) is 0. The Labute approximate surface area is 121 Å². The minimum atomic E-state index is -0.429. The summed E-state index contributed by atoms with van der Waals surface area (Å²) in [5.74, 6) is 0.278. The number of nitrogens with zero attached hydrogens (tertiary/aromatic N) is 1. The molecule has 0 saturated carbocycles. The molecule has 2 heterocycles. The average molecular weight is 281 g/mol. The summed E-state index contributed by atoms with van der Waals surface area (Å²) in [5.41, 5.74) is -0.687. The van der Waals surface area contributed by atoms with Gasteiger partial charge in [-0.1, -0.05) is 6.92 Å². The largest absolute Gasteiger partial charge is 0.359 e. The zero-order chi connectivity index (χ0) is 14.8. The smallest absolute Gasteiger partial charge is 0.230 e. The predicted octanol–water partition coefficient (Wildman–Crippen LogP) is 0.751. The first-order valence-corrected chi connectivity index (χ1v) is 7.70. The molecule has 2 rings (SSSR count). The highest BCUT2D eigenvalue weighted by Gasteiger charge is 2.47. The molecule has 0 aromatic carbocycles. The molecule has 0 aromatic heterocycles. The maximum absolute atomic E-state index is 12.9. The molecule has 2 fully saturated rings. The van der Waals surface area contributed by atoms with E-state index in [1.165, 1.54) is 0 Å². The fraction of sp³-hybridized carbons (Fsp3) is 0.867. The molecule has 2 atom stereocenters. The van der Waals surface area contributed by atoms with Crippen LogP contribution in [0.25, 0.3) is 0 Å². The van der Waals surface area contributed by atoms with Crippen LogP contribution < -0.4 is 10.6 Å². The van der Waals surface area contributed by atoms with E-state index in [1.807, 2.05) is 11.8 Å². The van der Waals surface area contributed by atoms with Gasteiger partial charge in [0.2, 0.25) is 11.8 Å². The zero-order valence-corrected chi connectivity index (χ0v) is 12.9. The number of hydrogen-bond acceptors (Lipinski definition) is 3. The van der Waals surface area contributed by atoms with Crippen LogP contribution in [-0.2, 0) is 9.59 Å². The number of nitrogens with one attached hydrogen (secondary N) is 2. The van der Waals surface area contributed by atoms with Crippen molar-refractivity contribution >= 4 is 11.8 Å². The van der Waals surface area contributed by atoms with Gasteiger partial charge in [0.15, 0.2) is 0 Å². The Bertz CT molecular complexity index is 391. The summed E-state index contributed by atoms with van der Waals surface area (Å²) in [4.78, 5) is 26.8. The highest BCUT2D eigenvalue weighted by Crippen LogP contribution is 2.37. The quantitative estimate of drug-likeness (QED) is 0.802. The molecule has 2 amide bonds. The standard InChI is InChI=1S/C15H27N3O2/c1-4-15(6-5-8-17-10-15)13(20)18-9-7-14(2,11-18)12(19)16-3/h17H,4-11H2,1-3H3,(H,16,19). The van der Waals surface area contributed by atoms with Gasteiger partial charge in [0.05, 0.1) is 10.8 Å². The van der Waals surface area contributed by atoms with Crippen molar-refractivity contribution in [1.82, 2.24) is 15.5 Å². The lowest BCUT2D eigenvalue weighted by Gasteiger charge is -2.38. The lowest BCUT2D eigenvalue weighted by molar-refractivity contribution is -0.143. The van der Waals surface area contributed by atoms with Crippen LogP contribution in [0.3, 0.4) is 0 Å². The lowest BCUT2D eigenvalue weighted by Crippen LogP contribution is -2.52. The second-order valence-electron chi connectivity index (χ2n) is 6.53. The first-order valence-electron chi connectivity index (χ1n) is 7.70. The Balaban J connectivity index is 2.09. The van der Waals surface area contributed by atoms with Crippen molar-refractivity contribution in [3.8, 4) is 0 Å². The van der Waals surface area contributed by atoms with Crippen LogP contribution in [-0.4, -0.2) is 49.9 Å². The monoisotopic (exact) mass is 281 g/mol. The second kappa shape index (κ2) is 5.72. The number of carbonyl (C=O) groups is 2. The molecule has 2 unspecified atom stereocenters. The van der Waals surface area contributed by atoms with Gasteiger partial charge in [0.25, 0.3) is 0 Å². The predicted molar refractivity (Wildman–Crippen MR) is 78.2 cm³/mol. The summed E-state index contributed by atoms with van der Waals surface area (Å²) in [7, 11) is 1.66. The SMILES string of the molecule is CCC1(C(=O)N2CCC(C)(C(=O)NC)C2)CCCNC1. The van der Waals surface area contributed by atoms with Gasteiger partial charge in [0, 0.05) is 26.7 Å². The van der Waals surface area contributed by atoms with E-state index in [1.54, 1.807) is 7.05 Å². The molecule has 2 aliphatic heterocycles. The Morgan fingerprint density at radius 1 is 1.35 bits per heavy atom. The van der Waals surface area contributed by atoms with Crippen molar-refractivity contribution in [3.63, 3.8) is 0 Å². The fourth-order valence-corrected chi connectivity index (χ4v) is 3.56. The third-order valence-corrected chi connectivity index (χ3v) is 5.14. The van der Waals surface area contributed by atoms with Crippen LogP contribution >= 0.6 is 0 Å². The molecular weight excluding hydrogens is 254 g/mol. The van der Waals surface area contributed by atoms with Crippen molar-refractivity contribution in [2.45, 2.75) is 39.5 Å². The normalized spacial score (nSPS) is 34.0. The van der Waals surface area contributed by atoms with Crippen molar-refractivity contribution in [2.24, 2.45) is 10.8 Å². The van der Waals surface area contributed by atoms with E-state index in [0.717, 1.165) is 38.8 Å². The third kappa shape index (κ3) is 2.55. The summed E-state index contributed by atoms with van der Waals surface area (Å²) in [6.45, 7) is 7.08. The Morgan fingerprint density at radius 3 is 2.65 bits per heavy atom. The molecule has 0 aliphatic carbocycles. The van der Waals surface area contributed by atoms with Crippen LogP contribution in [0.5, 0.6) is 0 Å². The fourth-order valence-electron chi connectivity index (χ4n) is 3.56.